The Labute approximate surface area is 113 Å². The number of rotatable bonds is 2. The van der Waals surface area contributed by atoms with Crippen molar-refractivity contribution in [3.63, 3.8) is 0 Å². The zero-order valence-corrected chi connectivity index (χ0v) is 11.3. The van der Waals surface area contributed by atoms with Gasteiger partial charge in [-0.05, 0) is 53.7 Å². The highest BCUT2D eigenvalue weighted by Crippen LogP contribution is 2.30. The number of hydrogen-bond donors (Lipinski definition) is 1. The van der Waals surface area contributed by atoms with Gasteiger partial charge >= 0.3 is 0 Å². The summed E-state index contributed by atoms with van der Waals surface area (Å²) < 4.78 is 27.5. The lowest BCUT2D eigenvalue weighted by atomic mass is 9.81. The smallest absolute Gasteiger partial charge is 0.171 e. The van der Waals surface area contributed by atoms with Gasteiger partial charge in [0.1, 0.15) is 5.82 Å². The normalized spacial score (nSPS) is 24.0. The summed E-state index contributed by atoms with van der Waals surface area (Å²) in [4.78, 5) is 12.2. The summed E-state index contributed by atoms with van der Waals surface area (Å²) in [6.45, 7) is 0. The summed E-state index contributed by atoms with van der Waals surface area (Å²) in [5.41, 5.74) is 5.33. The first-order valence-electron chi connectivity index (χ1n) is 5.94. The fourth-order valence-electron chi connectivity index (χ4n) is 2.34. The van der Waals surface area contributed by atoms with Crippen molar-refractivity contribution >= 4 is 21.7 Å². The van der Waals surface area contributed by atoms with Crippen LogP contribution in [0.15, 0.2) is 16.6 Å². The number of Topliss-reactive ketones (excluding diaryl/α,β-unsaturated/α-hetero) is 1. The molecule has 0 atom stereocenters. The van der Waals surface area contributed by atoms with E-state index >= 15 is 0 Å². The molecule has 2 N–H and O–H groups in total. The van der Waals surface area contributed by atoms with Crippen molar-refractivity contribution in [2.24, 2.45) is 11.7 Å². The first-order chi connectivity index (χ1) is 8.50. The number of carbonyl (C=O) groups excluding carboxylic acids is 1. The molecule has 2 rings (SSSR count). The van der Waals surface area contributed by atoms with Crippen LogP contribution in [0.25, 0.3) is 0 Å². The highest BCUT2D eigenvalue weighted by Gasteiger charge is 2.29. The Kier molecular flexibility index (Phi) is 4.12. The molecule has 1 aromatic rings. The lowest BCUT2D eigenvalue weighted by Gasteiger charge is -2.25. The quantitative estimate of drug-likeness (QED) is 0.671. The zero-order chi connectivity index (χ0) is 13.3. The first-order valence-corrected chi connectivity index (χ1v) is 6.73. The average Bonchev–Trinajstić information content (AvgIpc) is 2.35. The Balaban J connectivity index is 2.26. The third-order valence-electron chi connectivity index (χ3n) is 3.43. The van der Waals surface area contributed by atoms with Crippen LogP contribution in [-0.2, 0) is 0 Å². The first kappa shape index (κ1) is 13.6. The molecule has 0 aliphatic heterocycles. The number of halogens is 3. The highest BCUT2D eigenvalue weighted by molar-refractivity contribution is 9.10. The molecule has 0 heterocycles. The van der Waals surface area contributed by atoms with E-state index in [9.17, 15) is 13.6 Å². The Hall–Kier alpha value is -0.810. The highest BCUT2D eigenvalue weighted by atomic mass is 79.9. The van der Waals surface area contributed by atoms with E-state index in [0.717, 1.165) is 18.9 Å². The zero-order valence-electron chi connectivity index (χ0n) is 9.76. The van der Waals surface area contributed by atoms with Gasteiger partial charge in [0.15, 0.2) is 11.6 Å². The fourth-order valence-corrected chi connectivity index (χ4v) is 2.67. The van der Waals surface area contributed by atoms with Crippen LogP contribution in [0.3, 0.4) is 0 Å². The van der Waals surface area contributed by atoms with Crippen molar-refractivity contribution in [3.8, 4) is 0 Å². The number of benzene rings is 1. The van der Waals surface area contributed by atoms with Crippen LogP contribution in [0.4, 0.5) is 8.78 Å². The third kappa shape index (κ3) is 2.62. The van der Waals surface area contributed by atoms with Crippen LogP contribution in [-0.4, -0.2) is 11.8 Å². The van der Waals surface area contributed by atoms with Gasteiger partial charge in [0, 0.05) is 12.0 Å². The van der Waals surface area contributed by atoms with Crippen molar-refractivity contribution in [2.75, 3.05) is 0 Å². The van der Waals surface area contributed by atoms with Crippen molar-refractivity contribution in [2.45, 2.75) is 31.7 Å². The predicted octanol–water partition coefficient (Wildman–Crippen LogP) is 3.43. The summed E-state index contributed by atoms with van der Waals surface area (Å²) in [7, 11) is 0. The van der Waals surface area contributed by atoms with Gasteiger partial charge in [-0.15, -0.1) is 0 Å². The molecule has 98 valence electrons. The van der Waals surface area contributed by atoms with E-state index in [1.54, 1.807) is 0 Å². The Morgan fingerprint density at radius 3 is 2.44 bits per heavy atom. The van der Waals surface area contributed by atoms with Crippen LogP contribution in [0.1, 0.15) is 36.0 Å². The SMILES string of the molecule is NC1CCC(C(=O)c2c(F)ccc(Br)c2F)CC1. The molecular formula is C13H14BrF2NO. The van der Waals surface area contributed by atoms with E-state index in [0.29, 0.717) is 12.8 Å². The summed E-state index contributed by atoms with van der Waals surface area (Å²) in [6.07, 6.45) is 2.66. The molecule has 2 nitrogen and oxygen atoms in total. The van der Waals surface area contributed by atoms with E-state index in [1.165, 1.54) is 6.07 Å². The lowest BCUT2D eigenvalue weighted by molar-refractivity contribution is 0.0875. The van der Waals surface area contributed by atoms with Gasteiger partial charge in [0.25, 0.3) is 0 Å². The second-order valence-electron chi connectivity index (χ2n) is 4.69. The maximum absolute atomic E-state index is 13.8. The lowest BCUT2D eigenvalue weighted by Crippen LogP contribution is -2.30. The maximum atomic E-state index is 13.8. The summed E-state index contributed by atoms with van der Waals surface area (Å²) in [6, 6.07) is 2.47. The van der Waals surface area contributed by atoms with E-state index < -0.39 is 23.0 Å². The maximum Gasteiger partial charge on any atom is 0.171 e. The molecule has 0 radical (unpaired) electrons. The van der Waals surface area contributed by atoms with Gasteiger partial charge in [0.2, 0.25) is 0 Å². The molecule has 0 unspecified atom stereocenters. The molecule has 1 aliphatic rings. The second kappa shape index (κ2) is 5.45. The Morgan fingerprint density at radius 2 is 1.83 bits per heavy atom. The third-order valence-corrected chi connectivity index (χ3v) is 4.05. The molecule has 1 saturated carbocycles. The summed E-state index contributed by atoms with van der Waals surface area (Å²) in [5, 5.41) is 0. The summed E-state index contributed by atoms with van der Waals surface area (Å²) >= 11 is 2.97. The number of ketones is 1. The Bertz CT molecular complexity index is 470. The number of carbonyl (C=O) groups is 1. The monoisotopic (exact) mass is 317 g/mol. The standard InChI is InChI=1S/C13H14BrF2NO/c14-9-5-6-10(15)11(12(9)16)13(18)7-1-3-8(17)4-2-7/h5-8H,1-4,17H2. The molecule has 0 spiro atoms. The minimum atomic E-state index is -0.810. The Morgan fingerprint density at radius 1 is 1.22 bits per heavy atom. The molecule has 0 amide bonds. The van der Waals surface area contributed by atoms with Crippen molar-refractivity contribution in [3.05, 3.63) is 33.8 Å². The van der Waals surface area contributed by atoms with Crippen molar-refractivity contribution < 1.29 is 13.6 Å². The van der Waals surface area contributed by atoms with Crippen LogP contribution in [0, 0.1) is 17.6 Å². The van der Waals surface area contributed by atoms with Crippen LogP contribution in [0.5, 0.6) is 0 Å². The van der Waals surface area contributed by atoms with E-state index in [-0.39, 0.29) is 16.4 Å². The fraction of sp³-hybridized carbons (Fsp3) is 0.462. The number of nitrogens with two attached hydrogens (primary N) is 1. The van der Waals surface area contributed by atoms with Gasteiger partial charge in [-0.3, -0.25) is 4.79 Å². The van der Waals surface area contributed by atoms with Gasteiger partial charge < -0.3 is 5.73 Å². The molecule has 5 heteroatoms. The predicted molar refractivity (Wildman–Crippen MR) is 68.3 cm³/mol. The molecular weight excluding hydrogens is 304 g/mol. The minimum Gasteiger partial charge on any atom is -0.328 e. The van der Waals surface area contributed by atoms with Crippen LogP contribution >= 0.6 is 15.9 Å². The van der Waals surface area contributed by atoms with Crippen molar-refractivity contribution in [1.29, 1.82) is 0 Å². The molecule has 0 saturated heterocycles. The molecule has 1 aromatic carbocycles. The van der Waals surface area contributed by atoms with Gasteiger partial charge in [-0.1, -0.05) is 0 Å². The van der Waals surface area contributed by atoms with Crippen LogP contribution < -0.4 is 5.73 Å². The molecule has 1 fully saturated rings. The molecule has 0 aromatic heterocycles. The molecule has 0 bridgehead atoms. The average molecular weight is 318 g/mol. The number of hydrogen-bond acceptors (Lipinski definition) is 2. The van der Waals surface area contributed by atoms with Crippen LogP contribution in [0.2, 0.25) is 0 Å². The largest absolute Gasteiger partial charge is 0.328 e. The van der Waals surface area contributed by atoms with Gasteiger partial charge in [-0.25, -0.2) is 8.78 Å². The minimum absolute atomic E-state index is 0.103. The van der Waals surface area contributed by atoms with Gasteiger partial charge in [-0.2, -0.15) is 0 Å². The van der Waals surface area contributed by atoms with E-state index in [1.807, 2.05) is 0 Å². The topological polar surface area (TPSA) is 43.1 Å². The molecule has 1 aliphatic carbocycles. The second-order valence-corrected chi connectivity index (χ2v) is 5.55. The van der Waals surface area contributed by atoms with E-state index in [4.69, 9.17) is 5.73 Å². The van der Waals surface area contributed by atoms with E-state index in [2.05, 4.69) is 15.9 Å². The van der Waals surface area contributed by atoms with Crippen molar-refractivity contribution in [1.82, 2.24) is 0 Å². The summed E-state index contributed by atoms with van der Waals surface area (Å²) in [5.74, 6) is -2.37. The van der Waals surface area contributed by atoms with Gasteiger partial charge in [0.05, 0.1) is 10.0 Å². The molecule has 18 heavy (non-hydrogen) atoms.